The molecule has 0 aliphatic carbocycles. The number of hydrogen-bond acceptors (Lipinski definition) is 3. The number of hydrogen-bond donors (Lipinski definition) is 0. The lowest BCUT2D eigenvalue weighted by Gasteiger charge is -2.44. The van der Waals surface area contributed by atoms with Crippen molar-refractivity contribution in [3.8, 4) is 23.0 Å². The van der Waals surface area contributed by atoms with Crippen LogP contribution in [-0.2, 0) is 16.2 Å². The fraction of sp³-hybridized carbons (Fsp3) is 0.471. The van der Waals surface area contributed by atoms with Crippen LogP contribution in [0.5, 0.6) is 23.0 Å². The minimum Gasteiger partial charge on any atom is -0.457 e. The fourth-order valence-electron chi connectivity index (χ4n) is 5.60. The molecule has 6 bridgehead atoms. The lowest BCUT2D eigenvalue weighted by molar-refractivity contribution is 0.405. The molecule has 3 heteroatoms. The Morgan fingerprint density at radius 3 is 1.03 bits per heavy atom. The zero-order valence-electron chi connectivity index (χ0n) is 25.0. The summed E-state index contributed by atoms with van der Waals surface area (Å²) in [6, 6.07) is 19.1. The molecule has 0 aromatic heterocycles. The topological polar surface area (TPSA) is 21.7 Å². The van der Waals surface area contributed by atoms with E-state index >= 15 is 0 Å². The third-order valence-electron chi connectivity index (χ3n) is 6.84. The van der Waals surface area contributed by atoms with E-state index in [4.69, 9.17) is 9.47 Å². The highest BCUT2D eigenvalue weighted by Gasteiger charge is 2.37. The fourth-order valence-corrected chi connectivity index (χ4v) is 5.60. The summed E-state index contributed by atoms with van der Waals surface area (Å²) in [7, 11) is 0. The van der Waals surface area contributed by atoms with Crippen molar-refractivity contribution < 1.29 is 9.47 Å². The van der Waals surface area contributed by atoms with Crippen molar-refractivity contribution in [3.63, 3.8) is 0 Å². The molecule has 0 N–H and O–H groups in total. The molecule has 0 amide bonds. The zero-order valence-corrected chi connectivity index (χ0v) is 25.0. The van der Waals surface area contributed by atoms with Crippen molar-refractivity contribution in [2.75, 3.05) is 4.90 Å². The molecule has 1 aliphatic rings. The summed E-state index contributed by atoms with van der Waals surface area (Å²) in [5.74, 6) is 3.44. The molecular formula is C34H45NO2. The van der Waals surface area contributed by atoms with E-state index in [0.29, 0.717) is 0 Å². The van der Waals surface area contributed by atoms with Gasteiger partial charge in [0.15, 0.2) is 0 Å². The van der Waals surface area contributed by atoms with Crippen LogP contribution in [0.3, 0.4) is 0 Å². The van der Waals surface area contributed by atoms with Crippen LogP contribution < -0.4 is 14.4 Å². The Hall–Kier alpha value is -2.94. The standard InChI is InChI=1S/C34H45NO2/c1-31(2,3)28-22-16-13-18-24(28)36-26-20-15-21-27(30(26)33(7,8)9)37-25-19-14-17-23(29(25)32(4,5)6)35(22)34(10,11)12/h13-21H,1-12H3. The van der Waals surface area contributed by atoms with Gasteiger partial charge in [0.25, 0.3) is 0 Å². The van der Waals surface area contributed by atoms with Gasteiger partial charge in [-0.3, -0.25) is 0 Å². The molecule has 0 radical (unpaired) electrons. The lowest BCUT2D eigenvalue weighted by Crippen LogP contribution is -2.40. The Kier molecular flexibility index (Phi) is 6.46. The third kappa shape index (κ3) is 5.10. The average molecular weight is 500 g/mol. The molecule has 37 heavy (non-hydrogen) atoms. The van der Waals surface area contributed by atoms with Gasteiger partial charge in [0.05, 0.1) is 0 Å². The minimum absolute atomic E-state index is 0.158. The Morgan fingerprint density at radius 2 is 0.730 bits per heavy atom. The molecule has 0 atom stereocenters. The van der Waals surface area contributed by atoms with Crippen LogP contribution in [0.15, 0.2) is 54.6 Å². The highest BCUT2D eigenvalue weighted by atomic mass is 16.5. The number of nitrogens with zero attached hydrogens (tertiary/aromatic N) is 1. The summed E-state index contributed by atoms with van der Waals surface area (Å²) >= 11 is 0. The van der Waals surface area contributed by atoms with Crippen LogP contribution in [0.2, 0.25) is 0 Å². The van der Waals surface area contributed by atoms with Crippen molar-refractivity contribution in [2.45, 2.75) is 105 Å². The zero-order chi connectivity index (χ0) is 27.6. The van der Waals surface area contributed by atoms with Gasteiger partial charge in [0, 0.05) is 33.6 Å². The molecule has 3 nitrogen and oxygen atoms in total. The highest BCUT2D eigenvalue weighted by molar-refractivity contribution is 5.77. The number of benzene rings is 3. The van der Waals surface area contributed by atoms with Gasteiger partial charge in [-0.1, -0.05) is 80.5 Å². The lowest BCUT2D eigenvalue weighted by atomic mass is 9.81. The van der Waals surface area contributed by atoms with Crippen LogP contribution in [0, 0.1) is 0 Å². The maximum atomic E-state index is 6.86. The van der Waals surface area contributed by atoms with Crippen molar-refractivity contribution in [1.82, 2.24) is 0 Å². The van der Waals surface area contributed by atoms with E-state index in [1.807, 2.05) is 6.07 Å². The second-order valence-corrected chi connectivity index (χ2v) is 14.4. The van der Waals surface area contributed by atoms with Gasteiger partial charge in [0.1, 0.15) is 23.0 Å². The molecule has 0 saturated carbocycles. The van der Waals surface area contributed by atoms with Gasteiger partial charge in [0.2, 0.25) is 0 Å². The van der Waals surface area contributed by atoms with Crippen molar-refractivity contribution in [3.05, 3.63) is 71.3 Å². The molecule has 0 spiro atoms. The molecule has 1 aliphatic heterocycles. The maximum absolute atomic E-state index is 6.86. The first-order valence-corrected chi connectivity index (χ1v) is 13.5. The second-order valence-electron chi connectivity index (χ2n) is 14.4. The number of rotatable bonds is 0. The van der Waals surface area contributed by atoms with Crippen LogP contribution in [0.4, 0.5) is 11.4 Å². The molecule has 3 aromatic carbocycles. The molecule has 3 aromatic rings. The maximum Gasteiger partial charge on any atom is 0.134 e. The molecule has 0 fully saturated rings. The summed E-state index contributed by atoms with van der Waals surface area (Å²) in [6.45, 7) is 27.1. The van der Waals surface area contributed by atoms with Gasteiger partial charge in [-0.15, -0.1) is 0 Å². The monoisotopic (exact) mass is 499 g/mol. The Balaban J connectivity index is 2.25. The van der Waals surface area contributed by atoms with Crippen molar-refractivity contribution in [1.29, 1.82) is 0 Å². The molecule has 0 unspecified atom stereocenters. The van der Waals surface area contributed by atoms with Crippen LogP contribution in [-0.4, -0.2) is 5.54 Å². The van der Waals surface area contributed by atoms with E-state index < -0.39 is 0 Å². The average Bonchev–Trinajstić information content (AvgIpc) is 2.70. The predicted molar refractivity (Wildman–Crippen MR) is 157 cm³/mol. The van der Waals surface area contributed by atoms with Gasteiger partial charge < -0.3 is 14.4 Å². The Morgan fingerprint density at radius 1 is 0.432 bits per heavy atom. The SMILES string of the molecule is CC(C)(C)c1c2cccc1Oc1cccc(c1C(C)(C)C)N(C(C)(C)C)c1cccc(c1C(C)(C)C)O2. The summed E-state index contributed by atoms with van der Waals surface area (Å²) in [5.41, 5.74) is 5.08. The van der Waals surface area contributed by atoms with Gasteiger partial charge in [-0.25, -0.2) is 0 Å². The van der Waals surface area contributed by atoms with E-state index in [1.54, 1.807) is 0 Å². The van der Waals surface area contributed by atoms with E-state index in [1.165, 1.54) is 11.1 Å². The van der Waals surface area contributed by atoms with E-state index in [0.717, 1.165) is 39.9 Å². The summed E-state index contributed by atoms with van der Waals surface area (Å²) in [6.07, 6.45) is 0. The Labute approximate surface area is 224 Å². The first-order valence-electron chi connectivity index (χ1n) is 13.5. The largest absolute Gasteiger partial charge is 0.457 e. The highest BCUT2D eigenvalue weighted by Crippen LogP contribution is 2.52. The quantitative estimate of drug-likeness (QED) is 0.307. The molecule has 1 heterocycles. The van der Waals surface area contributed by atoms with Crippen LogP contribution in [0.25, 0.3) is 0 Å². The van der Waals surface area contributed by atoms with Crippen LogP contribution >= 0.6 is 0 Å². The molecular weight excluding hydrogens is 454 g/mol. The van der Waals surface area contributed by atoms with Gasteiger partial charge in [-0.05, 0) is 73.4 Å². The number of ether oxygens (including phenoxy) is 2. The van der Waals surface area contributed by atoms with Crippen molar-refractivity contribution in [2.24, 2.45) is 0 Å². The molecule has 198 valence electrons. The summed E-state index contributed by atoms with van der Waals surface area (Å²) in [4.78, 5) is 2.48. The molecule has 4 rings (SSSR count). The summed E-state index contributed by atoms with van der Waals surface area (Å²) in [5, 5.41) is 0. The molecule has 0 saturated heterocycles. The first-order chi connectivity index (χ1) is 16.9. The Bertz CT molecular complexity index is 1220. The summed E-state index contributed by atoms with van der Waals surface area (Å²) < 4.78 is 13.7. The van der Waals surface area contributed by atoms with Crippen LogP contribution in [0.1, 0.15) is 99.8 Å². The van der Waals surface area contributed by atoms with E-state index in [9.17, 15) is 0 Å². The number of anilines is 2. The van der Waals surface area contributed by atoms with E-state index in [2.05, 4.69) is 137 Å². The second kappa shape index (κ2) is 8.82. The smallest absolute Gasteiger partial charge is 0.134 e. The van der Waals surface area contributed by atoms with Gasteiger partial charge >= 0.3 is 0 Å². The first kappa shape index (κ1) is 27.1. The third-order valence-corrected chi connectivity index (χ3v) is 6.84. The van der Waals surface area contributed by atoms with Gasteiger partial charge in [-0.2, -0.15) is 0 Å². The minimum atomic E-state index is -0.202. The van der Waals surface area contributed by atoms with E-state index in [-0.39, 0.29) is 21.8 Å². The normalized spacial score (nSPS) is 14.3. The predicted octanol–water partition coefficient (Wildman–Crippen LogP) is 10.4. The number of fused-ring (bicyclic) bond motifs is 6. The van der Waals surface area contributed by atoms with Crippen molar-refractivity contribution >= 4 is 11.4 Å².